The number of carbonyl (C=O) groups is 2. The molecule has 0 aromatic heterocycles. The molecule has 1 aliphatic heterocycles. The van der Waals surface area contributed by atoms with E-state index in [1.807, 2.05) is 25.1 Å². The molecular formula is C27H30Cl2N2O5. The highest BCUT2D eigenvalue weighted by molar-refractivity contribution is 6.42. The number of ether oxygens (including phenoxy) is 1. The fourth-order valence-electron chi connectivity index (χ4n) is 4.86. The van der Waals surface area contributed by atoms with Crippen LogP contribution >= 0.6 is 23.2 Å². The molecule has 0 saturated heterocycles. The lowest BCUT2D eigenvalue weighted by molar-refractivity contribution is -0.138. The van der Waals surface area contributed by atoms with Crippen LogP contribution in [0.3, 0.4) is 0 Å². The van der Waals surface area contributed by atoms with Crippen molar-refractivity contribution >= 4 is 35.0 Å². The number of carbonyl (C=O) groups excluding carboxylic acids is 2. The molecule has 2 aliphatic rings. The summed E-state index contributed by atoms with van der Waals surface area (Å²) in [5.41, 5.74) is 1.95. The van der Waals surface area contributed by atoms with E-state index in [9.17, 15) is 19.8 Å². The molecule has 0 spiro atoms. The summed E-state index contributed by atoms with van der Waals surface area (Å²) in [5, 5.41) is 24.2. The Bertz CT molecular complexity index is 1150. The Kier molecular flexibility index (Phi) is 8.57. The van der Waals surface area contributed by atoms with Crippen LogP contribution in [0.4, 0.5) is 0 Å². The van der Waals surface area contributed by atoms with E-state index >= 15 is 0 Å². The number of aliphatic hydroxyl groups excluding tert-OH is 2. The lowest BCUT2D eigenvalue weighted by atomic mass is 9.77. The largest absolute Gasteiger partial charge is 0.486 e. The van der Waals surface area contributed by atoms with Gasteiger partial charge in [-0.1, -0.05) is 60.8 Å². The molecule has 0 radical (unpaired) electrons. The number of hydrogen-bond acceptors (Lipinski definition) is 5. The van der Waals surface area contributed by atoms with E-state index in [1.165, 1.54) is 0 Å². The molecule has 4 rings (SSSR count). The van der Waals surface area contributed by atoms with Crippen molar-refractivity contribution in [1.29, 1.82) is 0 Å². The van der Waals surface area contributed by atoms with Crippen LogP contribution in [0.5, 0.6) is 5.75 Å². The number of hydrogen-bond donors (Lipinski definition) is 3. The van der Waals surface area contributed by atoms with E-state index in [0.717, 1.165) is 17.5 Å². The van der Waals surface area contributed by atoms with Crippen LogP contribution < -0.4 is 10.1 Å². The predicted molar refractivity (Wildman–Crippen MR) is 138 cm³/mol. The Morgan fingerprint density at radius 2 is 1.92 bits per heavy atom. The molecule has 36 heavy (non-hydrogen) atoms. The minimum absolute atomic E-state index is 0.0890. The van der Waals surface area contributed by atoms with E-state index in [-0.39, 0.29) is 31.5 Å². The van der Waals surface area contributed by atoms with E-state index < -0.39 is 24.2 Å². The molecule has 7 nitrogen and oxygen atoms in total. The number of fused-ring (bicyclic) bond motifs is 3. The Labute approximate surface area is 220 Å². The quantitative estimate of drug-likeness (QED) is 0.455. The first-order valence-corrected chi connectivity index (χ1v) is 12.9. The maximum Gasteiger partial charge on any atom is 0.247 e. The summed E-state index contributed by atoms with van der Waals surface area (Å²) in [7, 11) is 0. The summed E-state index contributed by atoms with van der Waals surface area (Å²) in [5.74, 6) is -0.413. The van der Waals surface area contributed by atoms with Gasteiger partial charge in [-0.3, -0.25) is 9.59 Å². The molecule has 1 heterocycles. The van der Waals surface area contributed by atoms with Gasteiger partial charge >= 0.3 is 0 Å². The average molecular weight is 533 g/mol. The van der Waals surface area contributed by atoms with Crippen LogP contribution in [0.1, 0.15) is 43.2 Å². The minimum Gasteiger partial charge on any atom is -0.486 e. The molecule has 0 bridgehead atoms. The Morgan fingerprint density at radius 3 is 2.64 bits per heavy atom. The first-order chi connectivity index (χ1) is 17.3. The van der Waals surface area contributed by atoms with Gasteiger partial charge < -0.3 is 25.2 Å². The first-order valence-electron chi connectivity index (χ1n) is 12.1. The lowest BCUT2D eigenvalue weighted by Gasteiger charge is -2.41. The number of para-hydroxylation sites is 1. The van der Waals surface area contributed by atoms with Gasteiger partial charge in [-0.2, -0.15) is 0 Å². The van der Waals surface area contributed by atoms with Gasteiger partial charge in [0.25, 0.3) is 0 Å². The Morgan fingerprint density at radius 1 is 1.14 bits per heavy atom. The molecule has 0 saturated carbocycles. The maximum atomic E-state index is 13.4. The SMILES string of the molecule is CCCCC(=O)N(Cc1ccc(Cl)c(Cl)c1)C1C=C(C(=O)NCCO)C2c3ccccc3OC2C1O. The number of amides is 2. The van der Waals surface area contributed by atoms with Gasteiger partial charge in [-0.25, -0.2) is 0 Å². The summed E-state index contributed by atoms with van der Waals surface area (Å²) in [6.07, 6.45) is 1.68. The lowest BCUT2D eigenvalue weighted by Crippen LogP contribution is -2.55. The minimum atomic E-state index is -1.08. The summed E-state index contributed by atoms with van der Waals surface area (Å²) >= 11 is 12.3. The fraction of sp³-hybridized carbons (Fsp3) is 0.407. The monoisotopic (exact) mass is 532 g/mol. The van der Waals surface area contributed by atoms with E-state index in [0.29, 0.717) is 34.2 Å². The molecule has 2 aromatic carbocycles. The number of nitrogens with zero attached hydrogens (tertiary/aromatic N) is 1. The van der Waals surface area contributed by atoms with Crippen molar-refractivity contribution in [3.8, 4) is 5.75 Å². The van der Waals surface area contributed by atoms with Crippen molar-refractivity contribution in [2.45, 2.75) is 56.9 Å². The van der Waals surface area contributed by atoms with E-state index in [1.54, 1.807) is 35.2 Å². The smallest absolute Gasteiger partial charge is 0.247 e. The van der Waals surface area contributed by atoms with Gasteiger partial charge in [0.05, 0.1) is 28.6 Å². The standard InChI is InChI=1S/C27H30Cl2N2O5/c1-2-3-8-23(33)31(15-16-9-10-19(28)20(29)13-16)21-14-18(27(35)30-11-12-32)24-17-6-4-5-7-22(17)36-26(24)25(21)34/h4-7,9-10,13-14,21,24-26,32,34H,2-3,8,11-12,15H2,1H3,(H,30,35). The van der Waals surface area contributed by atoms with Crippen LogP contribution in [0.2, 0.25) is 10.0 Å². The maximum absolute atomic E-state index is 13.4. The molecule has 4 atom stereocenters. The zero-order valence-electron chi connectivity index (χ0n) is 20.0. The second-order valence-electron chi connectivity index (χ2n) is 9.05. The van der Waals surface area contributed by atoms with Crippen molar-refractivity contribution in [3.05, 3.63) is 75.3 Å². The molecule has 0 fully saturated rings. The molecular weight excluding hydrogens is 503 g/mol. The van der Waals surface area contributed by atoms with E-state index in [4.69, 9.17) is 27.9 Å². The van der Waals surface area contributed by atoms with Crippen LogP contribution in [-0.2, 0) is 16.1 Å². The molecule has 1 aliphatic carbocycles. The zero-order valence-corrected chi connectivity index (χ0v) is 21.5. The van der Waals surface area contributed by atoms with Crippen molar-refractivity contribution in [1.82, 2.24) is 10.2 Å². The number of unbranched alkanes of at least 4 members (excludes halogenated alkanes) is 1. The first kappa shape index (κ1) is 26.5. The second kappa shape index (κ2) is 11.6. The fourth-order valence-corrected chi connectivity index (χ4v) is 5.18. The highest BCUT2D eigenvalue weighted by atomic mass is 35.5. The van der Waals surface area contributed by atoms with Gasteiger partial charge in [0.15, 0.2) is 0 Å². The summed E-state index contributed by atoms with van der Waals surface area (Å²) < 4.78 is 6.14. The normalized spacial score (nSPS) is 22.2. The number of halogens is 2. The van der Waals surface area contributed by atoms with Crippen molar-refractivity contribution in [2.75, 3.05) is 13.2 Å². The van der Waals surface area contributed by atoms with Gasteiger partial charge in [-0.15, -0.1) is 0 Å². The van der Waals surface area contributed by atoms with Gasteiger partial charge in [-0.05, 0) is 36.3 Å². The third-order valence-corrected chi connectivity index (χ3v) is 7.38. The molecule has 2 aromatic rings. The average Bonchev–Trinajstić information content (AvgIpc) is 3.27. The van der Waals surface area contributed by atoms with Crippen LogP contribution in [0.25, 0.3) is 0 Å². The molecule has 4 unspecified atom stereocenters. The van der Waals surface area contributed by atoms with Crippen molar-refractivity contribution in [3.63, 3.8) is 0 Å². The number of benzene rings is 2. The summed E-state index contributed by atoms with van der Waals surface area (Å²) in [6.45, 7) is 2.06. The van der Waals surface area contributed by atoms with Crippen LogP contribution in [0, 0.1) is 0 Å². The summed E-state index contributed by atoms with van der Waals surface area (Å²) in [4.78, 5) is 28.2. The van der Waals surface area contributed by atoms with Crippen molar-refractivity contribution in [2.24, 2.45) is 0 Å². The van der Waals surface area contributed by atoms with Crippen molar-refractivity contribution < 1.29 is 24.5 Å². The van der Waals surface area contributed by atoms with Gasteiger partial charge in [0, 0.05) is 30.6 Å². The predicted octanol–water partition coefficient (Wildman–Crippen LogP) is 3.84. The van der Waals surface area contributed by atoms with Crippen LogP contribution in [-0.4, -0.2) is 58.3 Å². The Balaban J connectivity index is 1.75. The zero-order chi connectivity index (χ0) is 25.8. The topological polar surface area (TPSA) is 99.1 Å². The summed E-state index contributed by atoms with van der Waals surface area (Å²) in [6, 6.07) is 11.7. The number of rotatable bonds is 9. The number of nitrogens with one attached hydrogen (secondary N) is 1. The second-order valence-corrected chi connectivity index (χ2v) is 9.87. The highest BCUT2D eigenvalue weighted by Gasteiger charge is 2.50. The molecule has 9 heteroatoms. The molecule has 3 N–H and O–H groups in total. The van der Waals surface area contributed by atoms with Gasteiger partial charge in [0.2, 0.25) is 11.8 Å². The van der Waals surface area contributed by atoms with E-state index in [2.05, 4.69) is 5.32 Å². The third kappa shape index (κ3) is 5.39. The Hall–Kier alpha value is -2.58. The highest BCUT2D eigenvalue weighted by Crippen LogP contribution is 2.47. The van der Waals surface area contributed by atoms with Gasteiger partial charge in [0.1, 0.15) is 18.0 Å². The third-order valence-electron chi connectivity index (χ3n) is 6.64. The van der Waals surface area contributed by atoms with Crippen LogP contribution in [0.15, 0.2) is 54.1 Å². The molecule has 2 amide bonds. The number of aliphatic hydroxyl groups is 2. The molecule has 192 valence electrons.